The van der Waals surface area contributed by atoms with Gasteiger partial charge in [0.2, 0.25) is 0 Å². The molecule has 2 aromatic carbocycles. The van der Waals surface area contributed by atoms with Gasteiger partial charge in [0.15, 0.2) is 5.78 Å². The van der Waals surface area contributed by atoms with Crippen molar-refractivity contribution in [3.63, 3.8) is 0 Å². The minimum absolute atomic E-state index is 0.103. The van der Waals surface area contributed by atoms with Gasteiger partial charge < -0.3 is 4.57 Å². The predicted molar refractivity (Wildman–Crippen MR) is 82.8 cm³/mol. The summed E-state index contributed by atoms with van der Waals surface area (Å²) in [6, 6.07) is 9.07. The number of fused-ring (bicyclic) bond motifs is 1. The molecule has 21 heavy (non-hydrogen) atoms. The molecule has 3 rings (SSSR count). The molecular formula is C16H10Cl2FNO. The van der Waals surface area contributed by atoms with Gasteiger partial charge in [-0.2, -0.15) is 0 Å². The van der Waals surface area contributed by atoms with E-state index in [4.69, 9.17) is 23.2 Å². The Morgan fingerprint density at radius 1 is 1.10 bits per heavy atom. The number of aromatic nitrogens is 1. The average molecular weight is 322 g/mol. The Labute approximate surface area is 130 Å². The first-order chi connectivity index (χ1) is 9.97. The normalized spacial score (nSPS) is 11.0. The second-order valence-corrected chi connectivity index (χ2v) is 5.61. The largest absolute Gasteiger partial charge is 0.350 e. The smallest absolute Gasteiger partial charge is 0.196 e. The molecule has 1 heterocycles. The number of rotatable bonds is 2. The molecule has 0 radical (unpaired) electrons. The van der Waals surface area contributed by atoms with Crippen LogP contribution in [-0.2, 0) is 7.05 Å². The Morgan fingerprint density at radius 2 is 1.86 bits per heavy atom. The van der Waals surface area contributed by atoms with Crippen molar-refractivity contribution < 1.29 is 9.18 Å². The van der Waals surface area contributed by atoms with Crippen LogP contribution in [0.25, 0.3) is 10.9 Å². The maximum atomic E-state index is 13.1. The zero-order valence-corrected chi connectivity index (χ0v) is 12.5. The lowest BCUT2D eigenvalue weighted by atomic mass is 10.0. The molecule has 3 aromatic rings. The van der Waals surface area contributed by atoms with E-state index < -0.39 is 5.82 Å². The summed E-state index contributed by atoms with van der Waals surface area (Å²) in [4.78, 5) is 12.6. The first-order valence-electron chi connectivity index (χ1n) is 6.21. The van der Waals surface area contributed by atoms with Gasteiger partial charge in [-0.25, -0.2) is 4.39 Å². The number of aryl methyl sites for hydroxylation is 1. The standard InChI is InChI=1S/C16H10Cl2FNO/c1-20-8-13(11-4-2-9(17)6-15(11)20)16(21)12-5-3-10(19)7-14(12)18/h2-8H,1H3. The van der Waals surface area contributed by atoms with Crippen LogP contribution in [0, 0.1) is 5.82 Å². The van der Waals surface area contributed by atoms with E-state index in [9.17, 15) is 9.18 Å². The molecule has 106 valence electrons. The fourth-order valence-electron chi connectivity index (χ4n) is 2.36. The summed E-state index contributed by atoms with van der Waals surface area (Å²) < 4.78 is 14.9. The van der Waals surface area contributed by atoms with Crippen LogP contribution in [0.1, 0.15) is 15.9 Å². The minimum atomic E-state index is -0.471. The van der Waals surface area contributed by atoms with E-state index >= 15 is 0 Å². The molecule has 0 saturated carbocycles. The van der Waals surface area contributed by atoms with Crippen molar-refractivity contribution in [1.29, 1.82) is 0 Å². The monoisotopic (exact) mass is 321 g/mol. The molecule has 0 N–H and O–H groups in total. The van der Waals surface area contributed by atoms with Crippen LogP contribution < -0.4 is 0 Å². The molecule has 0 fully saturated rings. The van der Waals surface area contributed by atoms with E-state index in [1.54, 1.807) is 24.4 Å². The van der Waals surface area contributed by atoms with E-state index in [1.807, 2.05) is 11.6 Å². The topological polar surface area (TPSA) is 22.0 Å². The predicted octanol–water partition coefficient (Wildman–Crippen LogP) is 4.86. The highest BCUT2D eigenvalue weighted by molar-refractivity contribution is 6.35. The van der Waals surface area contributed by atoms with Gasteiger partial charge in [-0.05, 0) is 30.3 Å². The molecule has 2 nitrogen and oxygen atoms in total. The second-order valence-electron chi connectivity index (χ2n) is 4.77. The van der Waals surface area contributed by atoms with Gasteiger partial charge in [0.1, 0.15) is 5.82 Å². The summed E-state index contributed by atoms with van der Waals surface area (Å²) in [5, 5.41) is 1.49. The number of carbonyl (C=O) groups excluding carboxylic acids is 1. The van der Waals surface area contributed by atoms with Gasteiger partial charge in [0.25, 0.3) is 0 Å². The molecule has 0 unspecified atom stereocenters. The Morgan fingerprint density at radius 3 is 2.57 bits per heavy atom. The lowest BCUT2D eigenvalue weighted by molar-refractivity contribution is 0.104. The number of nitrogens with zero attached hydrogens (tertiary/aromatic N) is 1. The van der Waals surface area contributed by atoms with Crippen LogP contribution in [0.3, 0.4) is 0 Å². The van der Waals surface area contributed by atoms with Crippen molar-refractivity contribution in [3.05, 3.63) is 69.6 Å². The Bertz CT molecular complexity index is 870. The molecule has 0 aliphatic heterocycles. The summed E-state index contributed by atoms with van der Waals surface area (Å²) in [6.07, 6.45) is 1.73. The van der Waals surface area contributed by atoms with Gasteiger partial charge in [-0.3, -0.25) is 4.79 Å². The summed E-state index contributed by atoms with van der Waals surface area (Å²) in [6.45, 7) is 0. The summed E-state index contributed by atoms with van der Waals surface area (Å²) >= 11 is 11.9. The van der Waals surface area contributed by atoms with E-state index in [-0.39, 0.29) is 16.4 Å². The third-order valence-electron chi connectivity index (χ3n) is 3.37. The maximum Gasteiger partial charge on any atom is 0.196 e. The fourth-order valence-corrected chi connectivity index (χ4v) is 2.78. The minimum Gasteiger partial charge on any atom is -0.350 e. The van der Waals surface area contributed by atoms with Crippen LogP contribution in [0.15, 0.2) is 42.6 Å². The molecule has 0 amide bonds. The van der Waals surface area contributed by atoms with Crippen LogP contribution in [-0.4, -0.2) is 10.4 Å². The zero-order valence-electron chi connectivity index (χ0n) is 11.0. The first kappa shape index (κ1) is 14.1. The number of hydrogen-bond donors (Lipinski definition) is 0. The number of ketones is 1. The van der Waals surface area contributed by atoms with Gasteiger partial charge in [0, 0.05) is 40.3 Å². The van der Waals surface area contributed by atoms with Crippen LogP contribution in [0.2, 0.25) is 10.0 Å². The third-order valence-corrected chi connectivity index (χ3v) is 3.92. The molecule has 5 heteroatoms. The van der Waals surface area contributed by atoms with Gasteiger partial charge in [-0.1, -0.05) is 29.3 Å². The lowest BCUT2D eigenvalue weighted by Crippen LogP contribution is -2.02. The van der Waals surface area contributed by atoms with Crippen LogP contribution in [0.4, 0.5) is 4.39 Å². The number of carbonyl (C=O) groups is 1. The Balaban J connectivity index is 2.18. The summed E-state index contributed by atoms with van der Waals surface area (Å²) in [5.74, 6) is -0.714. The molecule has 0 bridgehead atoms. The molecule has 0 saturated heterocycles. The van der Waals surface area contributed by atoms with Crippen LogP contribution >= 0.6 is 23.2 Å². The molecule has 1 aromatic heterocycles. The molecule has 0 aliphatic rings. The average Bonchev–Trinajstić information content (AvgIpc) is 2.75. The van der Waals surface area contributed by atoms with Crippen molar-refractivity contribution >= 4 is 39.9 Å². The van der Waals surface area contributed by atoms with Crippen molar-refractivity contribution in [3.8, 4) is 0 Å². The number of hydrogen-bond acceptors (Lipinski definition) is 1. The van der Waals surface area contributed by atoms with Crippen molar-refractivity contribution in [2.45, 2.75) is 0 Å². The van der Waals surface area contributed by atoms with E-state index in [2.05, 4.69) is 0 Å². The van der Waals surface area contributed by atoms with E-state index in [1.165, 1.54) is 12.1 Å². The third kappa shape index (κ3) is 2.43. The molecule has 0 aliphatic carbocycles. The summed E-state index contributed by atoms with van der Waals surface area (Å²) in [5.41, 5.74) is 1.64. The van der Waals surface area contributed by atoms with Crippen molar-refractivity contribution in [2.75, 3.05) is 0 Å². The lowest BCUT2D eigenvalue weighted by Gasteiger charge is -2.03. The van der Waals surface area contributed by atoms with Gasteiger partial charge >= 0.3 is 0 Å². The zero-order chi connectivity index (χ0) is 15.1. The number of halogens is 3. The van der Waals surface area contributed by atoms with Gasteiger partial charge in [0.05, 0.1) is 5.02 Å². The quantitative estimate of drug-likeness (QED) is 0.618. The maximum absolute atomic E-state index is 13.1. The highest BCUT2D eigenvalue weighted by Gasteiger charge is 2.18. The Hall–Kier alpha value is -1.84. The van der Waals surface area contributed by atoms with Crippen molar-refractivity contribution in [2.24, 2.45) is 7.05 Å². The Kier molecular flexibility index (Phi) is 3.47. The number of benzene rings is 2. The molecule has 0 atom stereocenters. The second kappa shape index (κ2) is 5.17. The van der Waals surface area contributed by atoms with E-state index in [0.29, 0.717) is 10.6 Å². The fraction of sp³-hybridized carbons (Fsp3) is 0.0625. The van der Waals surface area contributed by atoms with Crippen LogP contribution in [0.5, 0.6) is 0 Å². The SMILES string of the molecule is Cn1cc(C(=O)c2ccc(F)cc2Cl)c2ccc(Cl)cc21. The molecular weight excluding hydrogens is 312 g/mol. The first-order valence-corrected chi connectivity index (χ1v) is 6.97. The highest BCUT2D eigenvalue weighted by Crippen LogP contribution is 2.28. The summed E-state index contributed by atoms with van der Waals surface area (Å²) in [7, 11) is 1.84. The van der Waals surface area contributed by atoms with Gasteiger partial charge in [-0.15, -0.1) is 0 Å². The van der Waals surface area contributed by atoms with Crippen molar-refractivity contribution in [1.82, 2.24) is 4.57 Å². The van der Waals surface area contributed by atoms with E-state index in [0.717, 1.165) is 17.0 Å². The highest BCUT2D eigenvalue weighted by atomic mass is 35.5. The molecule has 0 spiro atoms.